The number of hydrogen-bond donors (Lipinski definition) is 1. The standard InChI is InChI=1S/C28H34N4O2/c1-18-14-19(2)17-31(16-18)13-10-29-22-15-23(32-11-6-3-7-12-32)26-25-24(22)27(33)20-8-4-5-9-21(20)28(25)34-30-26/h4-5,8-9,15,18-19,29H,3,6-7,10-14,16-17H2,1-2H3/t18-,19+. The van der Waals surface area contributed by atoms with E-state index in [4.69, 9.17) is 4.52 Å². The van der Waals surface area contributed by atoms with Gasteiger partial charge in [0.25, 0.3) is 0 Å². The molecular weight excluding hydrogens is 424 g/mol. The SMILES string of the molecule is C[C@@H]1C[C@H](C)CN(CCNc2cc(N3CCCCC3)c3noc4c3c2C(=O)c2ccccc2-4)C1. The van der Waals surface area contributed by atoms with E-state index in [1.807, 2.05) is 24.3 Å². The number of nitrogens with zero attached hydrogens (tertiary/aromatic N) is 3. The van der Waals surface area contributed by atoms with Gasteiger partial charge in [-0.2, -0.15) is 0 Å². The quantitative estimate of drug-likeness (QED) is 0.431. The molecule has 2 saturated heterocycles. The van der Waals surface area contributed by atoms with E-state index in [2.05, 4.69) is 40.2 Å². The molecule has 1 aromatic heterocycles. The number of fused-ring (bicyclic) bond motifs is 2. The summed E-state index contributed by atoms with van der Waals surface area (Å²) in [6, 6.07) is 9.90. The van der Waals surface area contributed by atoms with Crippen molar-refractivity contribution >= 4 is 28.1 Å². The Kier molecular flexibility index (Phi) is 5.56. The van der Waals surface area contributed by atoms with E-state index in [1.54, 1.807) is 0 Å². The number of carbonyl (C=O) groups is 1. The van der Waals surface area contributed by atoms with Crippen molar-refractivity contribution in [3.05, 3.63) is 41.5 Å². The summed E-state index contributed by atoms with van der Waals surface area (Å²) in [5, 5.41) is 9.04. The molecule has 6 nitrogen and oxygen atoms in total. The molecule has 0 saturated carbocycles. The van der Waals surface area contributed by atoms with Crippen LogP contribution < -0.4 is 10.2 Å². The summed E-state index contributed by atoms with van der Waals surface area (Å²) in [7, 11) is 0. The van der Waals surface area contributed by atoms with Gasteiger partial charge in [0.15, 0.2) is 11.5 Å². The molecule has 2 aliphatic heterocycles. The van der Waals surface area contributed by atoms with E-state index in [-0.39, 0.29) is 5.78 Å². The van der Waals surface area contributed by atoms with Crippen molar-refractivity contribution in [2.75, 3.05) is 49.5 Å². The third-order valence-corrected chi connectivity index (χ3v) is 7.76. The van der Waals surface area contributed by atoms with Gasteiger partial charge < -0.3 is 19.6 Å². The third kappa shape index (κ3) is 3.68. The second-order valence-corrected chi connectivity index (χ2v) is 10.6. The molecule has 6 rings (SSSR count). The molecule has 0 radical (unpaired) electrons. The Labute approximate surface area is 201 Å². The number of likely N-dealkylation sites (tertiary alicyclic amines) is 1. The zero-order valence-electron chi connectivity index (χ0n) is 20.3. The van der Waals surface area contributed by atoms with Gasteiger partial charge in [-0.05, 0) is 43.6 Å². The summed E-state index contributed by atoms with van der Waals surface area (Å²) in [5.74, 6) is 2.26. The summed E-state index contributed by atoms with van der Waals surface area (Å²) < 4.78 is 5.92. The largest absolute Gasteiger partial charge is 0.383 e. The molecule has 2 atom stereocenters. The second-order valence-electron chi connectivity index (χ2n) is 10.6. The minimum Gasteiger partial charge on any atom is -0.383 e. The van der Waals surface area contributed by atoms with Crippen molar-refractivity contribution in [2.45, 2.75) is 39.5 Å². The maximum absolute atomic E-state index is 13.7. The summed E-state index contributed by atoms with van der Waals surface area (Å²) in [5.41, 5.74) is 5.07. The Hall–Kier alpha value is -2.86. The van der Waals surface area contributed by atoms with Gasteiger partial charge in [0.1, 0.15) is 5.52 Å². The van der Waals surface area contributed by atoms with Crippen LogP contribution in [0.5, 0.6) is 0 Å². The van der Waals surface area contributed by atoms with Crippen molar-refractivity contribution in [2.24, 2.45) is 11.8 Å². The van der Waals surface area contributed by atoms with Gasteiger partial charge in [0.05, 0.1) is 16.6 Å². The molecule has 34 heavy (non-hydrogen) atoms. The normalized spacial score (nSPS) is 22.8. The monoisotopic (exact) mass is 458 g/mol. The van der Waals surface area contributed by atoms with Gasteiger partial charge in [0, 0.05) is 56.1 Å². The number of aromatic nitrogens is 1. The molecule has 0 unspecified atom stereocenters. The summed E-state index contributed by atoms with van der Waals surface area (Å²) >= 11 is 0. The van der Waals surface area contributed by atoms with Crippen molar-refractivity contribution in [3.63, 3.8) is 0 Å². The highest BCUT2D eigenvalue weighted by atomic mass is 16.5. The maximum atomic E-state index is 13.7. The van der Waals surface area contributed by atoms with Gasteiger partial charge in [-0.25, -0.2) is 0 Å². The minimum absolute atomic E-state index is 0.0595. The topological polar surface area (TPSA) is 61.6 Å². The van der Waals surface area contributed by atoms with E-state index < -0.39 is 0 Å². The highest BCUT2D eigenvalue weighted by molar-refractivity contribution is 6.28. The molecule has 1 aliphatic carbocycles. The molecule has 1 N–H and O–H groups in total. The Bertz CT molecular complexity index is 1220. The average molecular weight is 459 g/mol. The molecule has 3 aliphatic rings. The van der Waals surface area contributed by atoms with E-state index in [9.17, 15) is 4.79 Å². The van der Waals surface area contributed by atoms with Crippen molar-refractivity contribution in [1.82, 2.24) is 10.1 Å². The number of ketones is 1. The number of piperidine rings is 2. The van der Waals surface area contributed by atoms with Crippen LogP contribution in [0, 0.1) is 11.8 Å². The number of carbonyl (C=O) groups excluding carboxylic acids is 1. The van der Waals surface area contributed by atoms with Crippen LogP contribution in [0.4, 0.5) is 11.4 Å². The van der Waals surface area contributed by atoms with E-state index in [1.165, 1.54) is 25.7 Å². The van der Waals surface area contributed by atoms with Crippen LogP contribution in [0.15, 0.2) is 34.9 Å². The van der Waals surface area contributed by atoms with Gasteiger partial charge >= 0.3 is 0 Å². The lowest BCUT2D eigenvalue weighted by molar-refractivity contribution is 0.104. The predicted octanol–water partition coefficient (Wildman–Crippen LogP) is 5.42. The zero-order chi connectivity index (χ0) is 23.2. The highest BCUT2D eigenvalue weighted by Gasteiger charge is 2.34. The van der Waals surface area contributed by atoms with E-state index in [0.29, 0.717) is 11.1 Å². The average Bonchev–Trinajstić information content (AvgIpc) is 3.28. The fourth-order valence-electron chi connectivity index (χ4n) is 6.38. The molecule has 0 spiro atoms. The highest BCUT2D eigenvalue weighted by Crippen LogP contribution is 2.46. The van der Waals surface area contributed by atoms with Crippen LogP contribution in [0.3, 0.4) is 0 Å². The molecule has 2 fully saturated rings. The van der Waals surface area contributed by atoms with E-state index in [0.717, 1.165) is 84.7 Å². The first-order valence-corrected chi connectivity index (χ1v) is 12.9. The molecule has 0 amide bonds. The lowest BCUT2D eigenvalue weighted by atomic mass is 9.86. The zero-order valence-corrected chi connectivity index (χ0v) is 20.3. The Morgan fingerprint density at radius 3 is 2.56 bits per heavy atom. The molecular formula is C28H34N4O2. The summed E-state index contributed by atoms with van der Waals surface area (Å²) in [4.78, 5) is 18.7. The Morgan fingerprint density at radius 2 is 1.79 bits per heavy atom. The first-order valence-electron chi connectivity index (χ1n) is 12.9. The number of hydrogen-bond acceptors (Lipinski definition) is 6. The third-order valence-electron chi connectivity index (χ3n) is 7.76. The molecule has 178 valence electrons. The maximum Gasteiger partial charge on any atom is 0.196 e. The van der Waals surface area contributed by atoms with Crippen LogP contribution >= 0.6 is 0 Å². The van der Waals surface area contributed by atoms with Crippen molar-refractivity contribution in [1.29, 1.82) is 0 Å². The Balaban J connectivity index is 1.39. The minimum atomic E-state index is 0.0595. The molecule has 0 bridgehead atoms. The van der Waals surface area contributed by atoms with Crippen molar-refractivity contribution in [3.8, 4) is 11.3 Å². The number of rotatable bonds is 5. The Morgan fingerprint density at radius 1 is 1.06 bits per heavy atom. The number of anilines is 2. The first-order chi connectivity index (χ1) is 16.6. The van der Waals surface area contributed by atoms with Gasteiger partial charge in [0.2, 0.25) is 0 Å². The van der Waals surface area contributed by atoms with E-state index >= 15 is 0 Å². The van der Waals surface area contributed by atoms with Crippen LogP contribution in [0.25, 0.3) is 22.2 Å². The van der Waals surface area contributed by atoms with Gasteiger partial charge in [-0.3, -0.25) is 4.79 Å². The molecule has 6 heteroatoms. The molecule has 3 heterocycles. The first kappa shape index (κ1) is 21.7. The number of benzene rings is 2. The summed E-state index contributed by atoms with van der Waals surface area (Å²) in [6.45, 7) is 10.8. The van der Waals surface area contributed by atoms with Crippen LogP contribution in [0.1, 0.15) is 55.5 Å². The van der Waals surface area contributed by atoms with Crippen LogP contribution in [0.2, 0.25) is 0 Å². The van der Waals surface area contributed by atoms with Crippen LogP contribution in [-0.2, 0) is 0 Å². The van der Waals surface area contributed by atoms with Crippen molar-refractivity contribution < 1.29 is 9.32 Å². The molecule has 2 aromatic carbocycles. The predicted molar refractivity (Wildman–Crippen MR) is 137 cm³/mol. The lowest BCUT2D eigenvalue weighted by Crippen LogP contribution is -2.41. The summed E-state index contributed by atoms with van der Waals surface area (Å²) in [6.07, 6.45) is 4.95. The smallest absolute Gasteiger partial charge is 0.196 e. The number of nitrogens with one attached hydrogen (secondary N) is 1. The fourth-order valence-corrected chi connectivity index (χ4v) is 6.38. The van der Waals surface area contributed by atoms with Crippen LogP contribution in [-0.4, -0.2) is 55.1 Å². The fraction of sp³-hybridized carbons (Fsp3) is 0.500. The van der Waals surface area contributed by atoms with Gasteiger partial charge in [-0.1, -0.05) is 43.3 Å². The second kappa shape index (κ2) is 8.73. The van der Waals surface area contributed by atoms with Gasteiger partial charge in [-0.15, -0.1) is 0 Å². The lowest BCUT2D eigenvalue weighted by Gasteiger charge is -2.35. The molecule has 3 aromatic rings.